The summed E-state index contributed by atoms with van der Waals surface area (Å²) in [6.45, 7) is 0.532. The zero-order chi connectivity index (χ0) is 22.3. The highest BCUT2D eigenvalue weighted by Crippen LogP contribution is 2.36. The molecule has 1 amide bonds. The van der Waals surface area contributed by atoms with Crippen LogP contribution >= 0.6 is 11.3 Å². The number of rotatable bonds is 5. The third kappa shape index (κ3) is 3.63. The fourth-order valence-corrected chi connectivity index (χ4v) is 4.54. The van der Waals surface area contributed by atoms with Crippen LogP contribution in [0.2, 0.25) is 0 Å². The van der Waals surface area contributed by atoms with Gasteiger partial charge in [-0.25, -0.2) is 15.0 Å². The van der Waals surface area contributed by atoms with Crippen LogP contribution in [0, 0.1) is 0 Å². The SMILES string of the molecule is CN1CCC(O)(c2cccc(-c3nc(-c4ccnc(Nc5cnn(C)c5)n4)cs3)c2)C1=O. The van der Waals surface area contributed by atoms with Crippen molar-refractivity contribution in [3.05, 3.63) is 59.9 Å². The molecule has 162 valence electrons. The summed E-state index contributed by atoms with van der Waals surface area (Å²) in [7, 11) is 3.55. The maximum atomic E-state index is 12.5. The van der Waals surface area contributed by atoms with Crippen molar-refractivity contribution in [2.45, 2.75) is 12.0 Å². The van der Waals surface area contributed by atoms with E-state index >= 15 is 0 Å². The van der Waals surface area contributed by atoms with Crippen LogP contribution in [0.1, 0.15) is 12.0 Å². The van der Waals surface area contributed by atoms with E-state index in [4.69, 9.17) is 4.98 Å². The maximum Gasteiger partial charge on any atom is 0.258 e. The number of hydrogen-bond acceptors (Lipinski definition) is 8. The van der Waals surface area contributed by atoms with Gasteiger partial charge in [-0.2, -0.15) is 5.10 Å². The number of carbonyl (C=O) groups excluding carboxylic acids is 1. The van der Waals surface area contributed by atoms with Gasteiger partial charge in [-0.05, 0) is 17.7 Å². The summed E-state index contributed by atoms with van der Waals surface area (Å²) in [5.41, 5.74) is 2.16. The zero-order valence-corrected chi connectivity index (χ0v) is 18.4. The predicted octanol–water partition coefficient (Wildman–Crippen LogP) is 2.79. The molecule has 9 nitrogen and oxygen atoms in total. The van der Waals surface area contributed by atoms with E-state index in [1.54, 1.807) is 41.2 Å². The molecule has 1 atom stereocenters. The normalized spacial score (nSPS) is 18.3. The van der Waals surface area contributed by atoms with Crippen LogP contribution in [-0.4, -0.2) is 54.2 Å². The topological polar surface area (TPSA) is 109 Å². The number of aryl methyl sites for hydroxylation is 1. The number of nitrogens with zero attached hydrogens (tertiary/aromatic N) is 6. The Morgan fingerprint density at radius 1 is 1.19 bits per heavy atom. The molecule has 4 aromatic rings. The van der Waals surface area contributed by atoms with E-state index in [1.807, 2.05) is 36.8 Å². The third-order valence-corrected chi connectivity index (χ3v) is 6.37. The van der Waals surface area contributed by atoms with Crippen LogP contribution in [-0.2, 0) is 17.4 Å². The van der Waals surface area contributed by atoms with E-state index < -0.39 is 5.60 Å². The van der Waals surface area contributed by atoms with Gasteiger partial charge in [-0.15, -0.1) is 11.3 Å². The Labute approximate surface area is 188 Å². The Hall–Kier alpha value is -3.63. The first-order valence-electron chi connectivity index (χ1n) is 10.1. The summed E-state index contributed by atoms with van der Waals surface area (Å²) in [5.74, 6) is 0.183. The molecule has 1 aliphatic heterocycles. The summed E-state index contributed by atoms with van der Waals surface area (Å²) in [5, 5.41) is 20.9. The smallest absolute Gasteiger partial charge is 0.258 e. The van der Waals surface area contributed by atoms with Crippen LogP contribution in [0.15, 0.2) is 54.3 Å². The van der Waals surface area contributed by atoms with Crippen molar-refractivity contribution in [2.24, 2.45) is 7.05 Å². The minimum atomic E-state index is -1.48. The molecule has 1 fully saturated rings. The number of anilines is 2. The van der Waals surface area contributed by atoms with Crippen LogP contribution in [0.4, 0.5) is 11.6 Å². The fourth-order valence-electron chi connectivity index (χ4n) is 3.73. The van der Waals surface area contributed by atoms with Gasteiger partial charge in [-0.1, -0.05) is 18.2 Å². The van der Waals surface area contributed by atoms with Gasteiger partial charge in [-0.3, -0.25) is 9.48 Å². The summed E-state index contributed by atoms with van der Waals surface area (Å²) < 4.78 is 1.70. The molecule has 0 radical (unpaired) electrons. The van der Waals surface area contributed by atoms with Crippen molar-refractivity contribution in [3.8, 4) is 22.0 Å². The lowest BCUT2D eigenvalue weighted by molar-refractivity contribution is -0.143. The van der Waals surface area contributed by atoms with Crippen molar-refractivity contribution in [2.75, 3.05) is 18.9 Å². The van der Waals surface area contributed by atoms with Crippen molar-refractivity contribution < 1.29 is 9.90 Å². The highest BCUT2D eigenvalue weighted by atomic mass is 32.1. The second kappa shape index (κ2) is 7.81. The monoisotopic (exact) mass is 447 g/mol. The van der Waals surface area contributed by atoms with E-state index in [9.17, 15) is 9.90 Å². The third-order valence-electron chi connectivity index (χ3n) is 5.48. The average molecular weight is 448 g/mol. The molecule has 1 aliphatic rings. The van der Waals surface area contributed by atoms with E-state index in [2.05, 4.69) is 20.4 Å². The molecule has 2 N–H and O–H groups in total. The van der Waals surface area contributed by atoms with E-state index in [0.717, 1.165) is 22.0 Å². The standard InChI is InChI=1S/C22H21N7O2S/c1-28-9-7-22(31,20(28)30)15-5-3-4-14(10-15)19-26-18(13-32-19)17-6-8-23-21(27-17)25-16-11-24-29(2)12-16/h3-6,8,10-13,31H,7,9H2,1-2H3,(H,23,25,27). The van der Waals surface area contributed by atoms with Gasteiger partial charge < -0.3 is 15.3 Å². The summed E-state index contributed by atoms with van der Waals surface area (Å²) in [4.78, 5) is 27.6. The minimum absolute atomic E-state index is 0.274. The average Bonchev–Trinajstić information content (AvgIpc) is 3.52. The second-order valence-electron chi connectivity index (χ2n) is 7.75. The molecule has 32 heavy (non-hydrogen) atoms. The van der Waals surface area contributed by atoms with Crippen molar-refractivity contribution in [1.29, 1.82) is 0 Å². The first-order valence-corrected chi connectivity index (χ1v) is 10.9. The number of benzene rings is 1. The van der Waals surface area contributed by atoms with Crippen LogP contribution in [0.25, 0.3) is 22.0 Å². The summed E-state index contributed by atoms with van der Waals surface area (Å²) in [6.07, 6.45) is 5.59. The highest BCUT2D eigenvalue weighted by molar-refractivity contribution is 7.13. The molecule has 0 bridgehead atoms. The van der Waals surface area contributed by atoms with Crippen LogP contribution in [0.3, 0.4) is 0 Å². The van der Waals surface area contributed by atoms with E-state index in [1.165, 1.54) is 11.3 Å². The van der Waals surface area contributed by atoms with Gasteiger partial charge in [0.1, 0.15) is 10.7 Å². The van der Waals surface area contributed by atoms with Gasteiger partial charge in [0.15, 0.2) is 5.60 Å². The number of nitrogens with one attached hydrogen (secondary N) is 1. The molecule has 1 aromatic carbocycles. The number of aromatic nitrogens is 5. The Kier molecular flexibility index (Phi) is 4.95. The molecule has 0 aliphatic carbocycles. The number of thiazole rings is 1. The Morgan fingerprint density at radius 3 is 2.81 bits per heavy atom. The molecule has 0 spiro atoms. The van der Waals surface area contributed by atoms with Gasteiger partial charge in [0.25, 0.3) is 5.91 Å². The fraction of sp³-hybridized carbons (Fsp3) is 0.227. The molecular formula is C22H21N7O2S. The first-order chi connectivity index (χ1) is 15.4. The minimum Gasteiger partial charge on any atom is -0.375 e. The summed E-state index contributed by atoms with van der Waals surface area (Å²) in [6, 6.07) is 9.20. The molecular weight excluding hydrogens is 426 g/mol. The number of amides is 1. The molecule has 4 heterocycles. The van der Waals surface area contributed by atoms with Gasteiger partial charge in [0.05, 0.1) is 17.6 Å². The van der Waals surface area contributed by atoms with Crippen LogP contribution < -0.4 is 5.32 Å². The largest absolute Gasteiger partial charge is 0.375 e. The van der Waals surface area contributed by atoms with Crippen molar-refractivity contribution in [1.82, 2.24) is 29.6 Å². The molecule has 1 saturated heterocycles. The Bertz CT molecular complexity index is 1300. The second-order valence-corrected chi connectivity index (χ2v) is 8.61. The lowest BCUT2D eigenvalue weighted by Gasteiger charge is -2.21. The van der Waals surface area contributed by atoms with Gasteiger partial charge in [0.2, 0.25) is 5.95 Å². The number of carbonyl (C=O) groups is 1. The maximum absolute atomic E-state index is 12.5. The van der Waals surface area contributed by atoms with Gasteiger partial charge >= 0.3 is 0 Å². The lowest BCUT2D eigenvalue weighted by Crippen LogP contribution is -2.36. The molecule has 0 saturated carbocycles. The number of likely N-dealkylation sites (N-methyl/N-ethyl adjacent to an activating group) is 1. The Morgan fingerprint density at radius 2 is 2.06 bits per heavy atom. The highest BCUT2D eigenvalue weighted by Gasteiger charge is 2.45. The van der Waals surface area contributed by atoms with Gasteiger partial charge in [0, 0.05) is 50.4 Å². The quantitative estimate of drug-likeness (QED) is 0.484. The van der Waals surface area contributed by atoms with E-state index in [0.29, 0.717) is 30.2 Å². The Balaban J connectivity index is 1.41. The molecule has 10 heteroatoms. The molecule has 5 rings (SSSR count). The molecule has 3 aromatic heterocycles. The predicted molar refractivity (Wildman–Crippen MR) is 121 cm³/mol. The first kappa shape index (κ1) is 20.3. The number of aliphatic hydroxyl groups is 1. The number of likely N-dealkylation sites (tertiary alicyclic amines) is 1. The zero-order valence-electron chi connectivity index (χ0n) is 17.6. The lowest BCUT2D eigenvalue weighted by atomic mass is 9.91. The van der Waals surface area contributed by atoms with Crippen LogP contribution in [0.5, 0.6) is 0 Å². The van der Waals surface area contributed by atoms with Crippen molar-refractivity contribution >= 4 is 28.9 Å². The van der Waals surface area contributed by atoms with E-state index in [-0.39, 0.29) is 5.91 Å². The number of hydrogen-bond donors (Lipinski definition) is 2. The molecule has 1 unspecified atom stereocenters. The summed E-state index contributed by atoms with van der Waals surface area (Å²) >= 11 is 1.48. The van der Waals surface area contributed by atoms with Crippen molar-refractivity contribution in [3.63, 3.8) is 0 Å².